The highest BCUT2D eigenvalue weighted by Crippen LogP contribution is 2.26. The Labute approximate surface area is 383 Å². The van der Waals surface area contributed by atoms with Gasteiger partial charge in [-0.05, 0) is 129 Å². The first-order valence-electron chi connectivity index (χ1n) is 21.9. The average Bonchev–Trinajstić information content (AvgIpc) is 3.50. The monoisotopic (exact) mass is 888 g/mol. The SMILES string of the molecule is C=CC(=O)OCCCCCCOc1ccc(C(=O)Oc2ccc(OC(=O)c3ccc(OCCCCCCOC(=O)C=C)cc3)c(/C=N/N=c3c4ccccc4ccc4ccccc34)c2)cc1. The summed E-state index contributed by atoms with van der Waals surface area (Å²) in [4.78, 5) is 49.2. The van der Waals surface area contributed by atoms with E-state index >= 15 is 0 Å². The maximum absolute atomic E-state index is 13.5. The first-order valence-corrected chi connectivity index (χ1v) is 21.9. The third-order valence-corrected chi connectivity index (χ3v) is 10.2. The molecule has 0 aromatic heterocycles. The molecule has 12 nitrogen and oxygen atoms in total. The van der Waals surface area contributed by atoms with Crippen molar-refractivity contribution in [3.63, 3.8) is 0 Å². The van der Waals surface area contributed by atoms with Gasteiger partial charge in [0.25, 0.3) is 0 Å². The molecule has 0 heterocycles. The molecule has 0 aliphatic heterocycles. The van der Waals surface area contributed by atoms with Crippen LogP contribution < -0.4 is 24.3 Å². The van der Waals surface area contributed by atoms with Gasteiger partial charge in [-0.25, -0.2) is 19.2 Å². The lowest BCUT2D eigenvalue weighted by molar-refractivity contribution is -0.138. The first kappa shape index (κ1) is 47.6. The van der Waals surface area contributed by atoms with Crippen molar-refractivity contribution in [1.29, 1.82) is 0 Å². The molecule has 12 heteroatoms. The fraction of sp³-hybridized carbons (Fsp3) is 0.222. The highest BCUT2D eigenvalue weighted by Gasteiger charge is 2.15. The van der Waals surface area contributed by atoms with Crippen LogP contribution in [0.4, 0.5) is 0 Å². The van der Waals surface area contributed by atoms with E-state index < -0.39 is 23.9 Å². The van der Waals surface area contributed by atoms with Crippen molar-refractivity contribution < 1.29 is 47.6 Å². The number of carbonyl (C=O) groups excluding carboxylic acids is 4. The molecular formula is C54H52N2O10. The van der Waals surface area contributed by atoms with Gasteiger partial charge in [-0.3, -0.25) is 0 Å². The highest BCUT2D eigenvalue weighted by atomic mass is 16.5. The summed E-state index contributed by atoms with van der Waals surface area (Å²) >= 11 is 0. The first-order chi connectivity index (χ1) is 32.3. The highest BCUT2D eigenvalue weighted by molar-refractivity contribution is 5.95. The van der Waals surface area contributed by atoms with Crippen LogP contribution in [0.3, 0.4) is 0 Å². The van der Waals surface area contributed by atoms with Crippen LogP contribution in [-0.4, -0.2) is 56.5 Å². The Hall–Kier alpha value is -7.86. The predicted octanol–water partition coefficient (Wildman–Crippen LogP) is 10.7. The summed E-state index contributed by atoms with van der Waals surface area (Å²) in [5.74, 6) is -0.460. The maximum atomic E-state index is 13.5. The minimum atomic E-state index is -0.615. The van der Waals surface area contributed by atoms with Gasteiger partial charge >= 0.3 is 23.9 Å². The molecule has 66 heavy (non-hydrogen) atoms. The summed E-state index contributed by atoms with van der Waals surface area (Å²) in [7, 11) is 0. The topological polar surface area (TPSA) is 148 Å². The Balaban J connectivity index is 1.13. The molecule has 0 atom stereocenters. The van der Waals surface area contributed by atoms with E-state index in [1.54, 1.807) is 66.7 Å². The van der Waals surface area contributed by atoms with Crippen LogP contribution >= 0.6 is 0 Å². The van der Waals surface area contributed by atoms with Gasteiger partial charge in [-0.1, -0.05) is 73.8 Å². The van der Waals surface area contributed by atoms with E-state index in [1.807, 2.05) is 60.7 Å². The predicted molar refractivity (Wildman–Crippen MR) is 254 cm³/mol. The number of rotatable bonds is 24. The summed E-state index contributed by atoms with van der Waals surface area (Å²) in [6.45, 7) is 8.50. The summed E-state index contributed by atoms with van der Waals surface area (Å²) in [6.07, 6.45) is 10.6. The van der Waals surface area contributed by atoms with E-state index in [9.17, 15) is 19.2 Å². The minimum absolute atomic E-state index is 0.171. The van der Waals surface area contributed by atoms with Gasteiger partial charge in [0.15, 0.2) is 0 Å². The van der Waals surface area contributed by atoms with E-state index in [0.717, 1.165) is 85.1 Å². The van der Waals surface area contributed by atoms with Crippen LogP contribution in [0.1, 0.15) is 77.6 Å². The Kier molecular flexibility index (Phi) is 18.4. The molecule has 0 aliphatic rings. The van der Waals surface area contributed by atoms with Crippen molar-refractivity contribution in [3.05, 3.63) is 175 Å². The molecule has 0 radical (unpaired) electrons. The Morgan fingerprint density at radius 2 is 0.939 bits per heavy atom. The average molecular weight is 889 g/mol. The Bertz CT molecular complexity index is 2670. The maximum Gasteiger partial charge on any atom is 0.343 e. The number of carbonyl (C=O) groups is 4. The molecule has 6 rings (SSSR count). The minimum Gasteiger partial charge on any atom is -0.494 e. The standard InChI is InChI=1S/C54H52N2O10/c1-3-50(57)63-35-15-7-5-13-33-61-44-27-23-41(24-28-44)53(59)65-46-31-32-49(66-54(60)42-25-29-45(30-26-42)62-34-14-6-8-16-36-64-51(58)4-2)43(37-46)38-55-56-52-47-19-11-9-17-39(47)21-22-40-18-10-12-20-48(40)52/h3-4,9-12,17-32,37-38H,1-2,5-8,13-16,33-36H2/b55-38+. The summed E-state index contributed by atoms with van der Waals surface area (Å²) in [5, 5.41) is 13.6. The second-order valence-electron chi connectivity index (χ2n) is 15.0. The molecule has 0 fully saturated rings. The molecule has 0 unspecified atom stereocenters. The van der Waals surface area contributed by atoms with Crippen molar-refractivity contribution in [2.45, 2.75) is 51.4 Å². The zero-order valence-electron chi connectivity index (χ0n) is 36.7. The molecule has 0 saturated heterocycles. The number of fused-ring (bicyclic) bond motifs is 2. The summed E-state index contributed by atoms with van der Waals surface area (Å²) in [5.41, 5.74) is 0.945. The van der Waals surface area contributed by atoms with Crippen molar-refractivity contribution in [2.75, 3.05) is 26.4 Å². The van der Waals surface area contributed by atoms with Crippen molar-refractivity contribution in [3.8, 4) is 23.0 Å². The number of benzene rings is 5. The normalized spacial score (nSPS) is 10.8. The van der Waals surface area contributed by atoms with Gasteiger partial charge in [0.1, 0.15) is 28.4 Å². The van der Waals surface area contributed by atoms with Gasteiger partial charge in [0.05, 0.1) is 43.8 Å². The van der Waals surface area contributed by atoms with Crippen molar-refractivity contribution in [2.24, 2.45) is 10.2 Å². The molecule has 6 aromatic rings. The quantitative estimate of drug-likeness (QED) is 0.0144. The molecule has 0 amide bonds. The van der Waals surface area contributed by atoms with Gasteiger partial charge in [-0.2, -0.15) is 5.10 Å². The molecular weight excluding hydrogens is 837 g/mol. The van der Waals surface area contributed by atoms with E-state index in [-0.39, 0.29) is 11.5 Å². The lowest BCUT2D eigenvalue weighted by Crippen LogP contribution is -2.11. The third-order valence-electron chi connectivity index (χ3n) is 10.2. The van der Waals surface area contributed by atoms with Crippen LogP contribution in [0.15, 0.2) is 163 Å². The van der Waals surface area contributed by atoms with Gasteiger partial charge < -0.3 is 28.4 Å². The zero-order chi connectivity index (χ0) is 46.4. The molecule has 0 N–H and O–H groups in total. The summed E-state index contributed by atoms with van der Waals surface area (Å²) in [6, 6.07) is 37.9. The van der Waals surface area contributed by atoms with Crippen LogP contribution in [0.25, 0.3) is 21.5 Å². The van der Waals surface area contributed by atoms with E-state index in [1.165, 1.54) is 6.21 Å². The lowest BCUT2D eigenvalue weighted by Gasteiger charge is -2.11. The Morgan fingerprint density at radius 1 is 0.485 bits per heavy atom. The fourth-order valence-electron chi connectivity index (χ4n) is 6.74. The van der Waals surface area contributed by atoms with E-state index in [0.29, 0.717) is 60.0 Å². The molecule has 0 saturated carbocycles. The largest absolute Gasteiger partial charge is 0.494 e. The van der Waals surface area contributed by atoms with Gasteiger partial charge in [-0.15, -0.1) is 5.10 Å². The van der Waals surface area contributed by atoms with E-state index in [4.69, 9.17) is 33.5 Å². The second kappa shape index (κ2) is 25.4. The number of esters is 4. The fourth-order valence-corrected chi connectivity index (χ4v) is 6.74. The number of ether oxygens (including phenoxy) is 6. The number of hydrogen-bond acceptors (Lipinski definition) is 12. The molecule has 6 aromatic carbocycles. The smallest absolute Gasteiger partial charge is 0.343 e. The lowest BCUT2D eigenvalue weighted by atomic mass is 10.1. The number of nitrogens with zero attached hydrogens (tertiary/aromatic N) is 2. The number of hydrogen-bond donors (Lipinski definition) is 0. The summed E-state index contributed by atoms with van der Waals surface area (Å²) < 4.78 is 33.4. The van der Waals surface area contributed by atoms with Gasteiger partial charge in [0, 0.05) is 28.5 Å². The van der Waals surface area contributed by atoms with Crippen LogP contribution in [0.5, 0.6) is 23.0 Å². The van der Waals surface area contributed by atoms with Crippen molar-refractivity contribution >= 4 is 51.6 Å². The number of unbranched alkanes of at least 4 members (excludes halogenated alkanes) is 6. The van der Waals surface area contributed by atoms with Crippen LogP contribution in [0, 0.1) is 0 Å². The molecule has 0 bridgehead atoms. The van der Waals surface area contributed by atoms with E-state index in [2.05, 4.69) is 18.3 Å². The molecule has 0 spiro atoms. The van der Waals surface area contributed by atoms with Crippen LogP contribution in [0.2, 0.25) is 0 Å². The molecule has 0 aliphatic carbocycles. The zero-order valence-corrected chi connectivity index (χ0v) is 36.7. The molecule has 338 valence electrons. The Morgan fingerprint density at radius 3 is 1.44 bits per heavy atom. The second-order valence-corrected chi connectivity index (χ2v) is 15.0. The third kappa shape index (κ3) is 14.6. The van der Waals surface area contributed by atoms with Crippen LogP contribution in [-0.2, 0) is 19.1 Å². The van der Waals surface area contributed by atoms with Crippen molar-refractivity contribution in [1.82, 2.24) is 0 Å². The van der Waals surface area contributed by atoms with Gasteiger partial charge in [0.2, 0.25) is 0 Å².